The van der Waals surface area contributed by atoms with Gasteiger partial charge in [-0.25, -0.2) is 0 Å². The third-order valence-electron chi connectivity index (χ3n) is 5.76. The Labute approximate surface area is 198 Å². The molecule has 6 nitrogen and oxygen atoms in total. The molecule has 1 N–H and O–H groups in total. The number of carbonyl (C=O) groups is 2. The van der Waals surface area contributed by atoms with Crippen molar-refractivity contribution in [3.63, 3.8) is 0 Å². The molecule has 180 valence electrons. The first-order valence-corrected chi connectivity index (χ1v) is 11.5. The Morgan fingerprint density at radius 2 is 1.55 bits per heavy atom. The van der Waals surface area contributed by atoms with E-state index in [2.05, 4.69) is 26.1 Å². The predicted octanol–water partition coefficient (Wildman–Crippen LogP) is 4.70. The minimum atomic E-state index is -0.638. The van der Waals surface area contributed by atoms with Gasteiger partial charge >= 0.3 is 0 Å². The van der Waals surface area contributed by atoms with Gasteiger partial charge in [0.25, 0.3) is 5.91 Å². The van der Waals surface area contributed by atoms with Crippen molar-refractivity contribution in [1.82, 2.24) is 10.2 Å². The lowest BCUT2D eigenvalue weighted by Crippen LogP contribution is -2.50. The predicted molar refractivity (Wildman–Crippen MR) is 132 cm³/mol. The van der Waals surface area contributed by atoms with E-state index in [1.165, 1.54) is 5.56 Å². The molecular weight excluding hydrogens is 416 g/mol. The van der Waals surface area contributed by atoms with Crippen LogP contribution in [0.25, 0.3) is 0 Å². The van der Waals surface area contributed by atoms with E-state index in [0.29, 0.717) is 12.3 Å². The lowest BCUT2D eigenvalue weighted by Gasteiger charge is -2.29. The average molecular weight is 455 g/mol. The Balaban J connectivity index is 2.14. The number of nitrogens with one attached hydrogen (secondary N) is 1. The van der Waals surface area contributed by atoms with Gasteiger partial charge in [0.05, 0.1) is 7.11 Å². The number of hydrogen-bond acceptors (Lipinski definition) is 4. The maximum absolute atomic E-state index is 13.2. The van der Waals surface area contributed by atoms with Gasteiger partial charge in [0.1, 0.15) is 17.5 Å². The van der Waals surface area contributed by atoms with Crippen LogP contribution in [0.5, 0.6) is 11.5 Å². The zero-order chi connectivity index (χ0) is 24.6. The van der Waals surface area contributed by atoms with Gasteiger partial charge in [0.15, 0.2) is 6.61 Å². The van der Waals surface area contributed by atoms with Crippen molar-refractivity contribution in [1.29, 1.82) is 0 Å². The number of benzene rings is 2. The topological polar surface area (TPSA) is 67.9 Å². The van der Waals surface area contributed by atoms with E-state index in [1.54, 1.807) is 18.9 Å². The van der Waals surface area contributed by atoms with Crippen molar-refractivity contribution in [2.75, 3.05) is 13.7 Å². The lowest BCUT2D eigenvalue weighted by molar-refractivity contribution is -0.142. The second-order valence-electron chi connectivity index (χ2n) is 9.43. The monoisotopic (exact) mass is 454 g/mol. The Bertz CT molecular complexity index is 901. The fraction of sp³-hybridized carbons (Fsp3) is 0.481. The zero-order valence-electron chi connectivity index (χ0n) is 21.0. The summed E-state index contributed by atoms with van der Waals surface area (Å²) in [4.78, 5) is 27.5. The summed E-state index contributed by atoms with van der Waals surface area (Å²) in [6.07, 6.45) is 0.818. The van der Waals surface area contributed by atoms with Gasteiger partial charge < -0.3 is 19.7 Å². The van der Waals surface area contributed by atoms with Crippen LogP contribution in [-0.4, -0.2) is 42.5 Å². The highest BCUT2D eigenvalue weighted by Gasteiger charge is 2.27. The van der Waals surface area contributed by atoms with Gasteiger partial charge in [-0.2, -0.15) is 0 Å². The number of amides is 2. The Hall–Kier alpha value is -3.02. The number of methoxy groups -OCH3 is 1. The molecular formula is C27H38N2O4. The normalized spacial score (nSPS) is 13.1. The van der Waals surface area contributed by atoms with Gasteiger partial charge in [-0.1, -0.05) is 52.0 Å². The van der Waals surface area contributed by atoms with E-state index in [4.69, 9.17) is 9.47 Å². The van der Waals surface area contributed by atoms with E-state index in [-0.39, 0.29) is 29.9 Å². The molecule has 2 rings (SSSR count). The molecule has 0 bridgehead atoms. The second kappa shape index (κ2) is 11.7. The number of rotatable bonds is 10. The lowest BCUT2D eigenvalue weighted by atomic mass is 9.87. The molecule has 0 heterocycles. The van der Waals surface area contributed by atoms with Crippen LogP contribution < -0.4 is 14.8 Å². The maximum atomic E-state index is 13.2. The van der Waals surface area contributed by atoms with Gasteiger partial charge in [-0.05, 0) is 61.1 Å². The summed E-state index contributed by atoms with van der Waals surface area (Å²) in [5, 5.41) is 2.97. The minimum Gasteiger partial charge on any atom is -0.497 e. The summed E-state index contributed by atoms with van der Waals surface area (Å²) in [5.41, 5.74) is 2.14. The third kappa shape index (κ3) is 7.81. The van der Waals surface area contributed by atoms with Gasteiger partial charge in [-0.15, -0.1) is 0 Å². The van der Waals surface area contributed by atoms with Gasteiger partial charge in [0, 0.05) is 12.6 Å². The average Bonchev–Trinajstić information content (AvgIpc) is 2.80. The first-order chi connectivity index (χ1) is 15.5. The Morgan fingerprint density at radius 3 is 2.06 bits per heavy atom. The van der Waals surface area contributed by atoms with Crippen molar-refractivity contribution >= 4 is 11.8 Å². The molecule has 33 heavy (non-hydrogen) atoms. The smallest absolute Gasteiger partial charge is 0.261 e. The highest BCUT2D eigenvalue weighted by Crippen LogP contribution is 2.24. The van der Waals surface area contributed by atoms with Crippen LogP contribution in [-0.2, 0) is 21.5 Å². The van der Waals surface area contributed by atoms with Crippen LogP contribution in [0, 0.1) is 0 Å². The summed E-state index contributed by atoms with van der Waals surface area (Å²) >= 11 is 0. The molecule has 2 aromatic rings. The molecule has 2 atom stereocenters. The highest BCUT2D eigenvalue weighted by molar-refractivity contribution is 5.88. The molecule has 2 aromatic carbocycles. The molecule has 6 heteroatoms. The van der Waals surface area contributed by atoms with Crippen LogP contribution >= 0.6 is 0 Å². The molecule has 0 fully saturated rings. The van der Waals surface area contributed by atoms with Gasteiger partial charge in [-0.3, -0.25) is 9.59 Å². The van der Waals surface area contributed by atoms with Crippen LogP contribution in [0.4, 0.5) is 0 Å². The highest BCUT2D eigenvalue weighted by atomic mass is 16.5. The molecule has 0 aliphatic heterocycles. The molecule has 0 aliphatic carbocycles. The number of carbonyl (C=O) groups excluding carboxylic acids is 2. The zero-order valence-corrected chi connectivity index (χ0v) is 21.0. The summed E-state index contributed by atoms with van der Waals surface area (Å²) in [5.74, 6) is 0.928. The maximum Gasteiger partial charge on any atom is 0.261 e. The van der Waals surface area contributed by atoms with Crippen LogP contribution in [0.3, 0.4) is 0 Å². The molecule has 0 radical (unpaired) electrons. The summed E-state index contributed by atoms with van der Waals surface area (Å²) < 4.78 is 11.0. The van der Waals surface area contributed by atoms with E-state index >= 15 is 0 Å². The minimum absolute atomic E-state index is 0.0375. The fourth-order valence-corrected chi connectivity index (χ4v) is 3.25. The van der Waals surface area contributed by atoms with Gasteiger partial charge in [0.2, 0.25) is 5.91 Å². The summed E-state index contributed by atoms with van der Waals surface area (Å²) in [6, 6.07) is 14.6. The Morgan fingerprint density at radius 1 is 0.970 bits per heavy atom. The van der Waals surface area contributed by atoms with Crippen molar-refractivity contribution in [2.45, 2.75) is 72.0 Å². The van der Waals surface area contributed by atoms with Crippen molar-refractivity contribution in [3.05, 3.63) is 59.7 Å². The summed E-state index contributed by atoms with van der Waals surface area (Å²) in [7, 11) is 1.61. The van der Waals surface area contributed by atoms with Crippen LogP contribution in [0.15, 0.2) is 48.5 Å². The largest absolute Gasteiger partial charge is 0.497 e. The molecule has 0 saturated heterocycles. The Kier molecular flexibility index (Phi) is 9.32. The molecule has 0 unspecified atom stereocenters. The first-order valence-electron chi connectivity index (χ1n) is 11.5. The van der Waals surface area contributed by atoms with Crippen molar-refractivity contribution < 1.29 is 19.1 Å². The third-order valence-corrected chi connectivity index (χ3v) is 5.76. The molecule has 0 spiro atoms. The standard InChI is InChI=1S/C27H38N2O4/c1-8-19(2)28-26(31)20(3)29(17-21-9-13-23(32-7)14-10-21)25(30)18-33-24-15-11-22(12-16-24)27(4,5)6/h9-16,19-20H,8,17-18H2,1-7H3,(H,28,31)/t19-,20+/m0/s1. The summed E-state index contributed by atoms with van der Waals surface area (Å²) in [6.45, 7) is 12.3. The number of nitrogens with zero attached hydrogens (tertiary/aromatic N) is 1. The van der Waals surface area contributed by atoms with E-state index in [9.17, 15) is 9.59 Å². The number of hydrogen-bond donors (Lipinski definition) is 1. The second-order valence-corrected chi connectivity index (χ2v) is 9.43. The van der Waals surface area contributed by atoms with E-state index in [0.717, 1.165) is 17.7 Å². The molecule has 0 aromatic heterocycles. The molecule has 0 aliphatic rings. The quantitative estimate of drug-likeness (QED) is 0.565. The fourth-order valence-electron chi connectivity index (χ4n) is 3.25. The van der Waals surface area contributed by atoms with Crippen LogP contribution in [0.1, 0.15) is 59.1 Å². The van der Waals surface area contributed by atoms with E-state index < -0.39 is 6.04 Å². The number of ether oxygens (including phenoxy) is 2. The molecule has 2 amide bonds. The first kappa shape index (κ1) is 26.2. The molecule has 0 saturated carbocycles. The van der Waals surface area contributed by atoms with E-state index in [1.807, 2.05) is 62.4 Å². The van der Waals surface area contributed by atoms with Crippen molar-refractivity contribution in [2.24, 2.45) is 0 Å². The van der Waals surface area contributed by atoms with Crippen molar-refractivity contribution in [3.8, 4) is 11.5 Å². The van der Waals surface area contributed by atoms with Crippen LogP contribution in [0.2, 0.25) is 0 Å². The SMILES string of the molecule is CC[C@H](C)NC(=O)[C@@H](C)N(Cc1ccc(OC)cc1)C(=O)COc1ccc(C(C)(C)C)cc1.